The lowest BCUT2D eigenvalue weighted by atomic mass is 9.99. The van der Waals surface area contributed by atoms with Gasteiger partial charge in [-0.25, -0.2) is 0 Å². The van der Waals surface area contributed by atoms with Crippen LogP contribution in [0.4, 0.5) is 0 Å². The van der Waals surface area contributed by atoms with Crippen molar-refractivity contribution < 1.29 is 9.84 Å². The molecule has 3 heteroatoms. The molecule has 0 radical (unpaired) electrons. The Kier molecular flexibility index (Phi) is 6.45. The van der Waals surface area contributed by atoms with E-state index in [4.69, 9.17) is 4.74 Å². The van der Waals surface area contributed by atoms with Crippen molar-refractivity contribution in [1.29, 1.82) is 0 Å². The van der Waals surface area contributed by atoms with E-state index in [9.17, 15) is 5.11 Å². The maximum absolute atomic E-state index is 9.52. The van der Waals surface area contributed by atoms with Crippen molar-refractivity contribution in [2.45, 2.75) is 64.5 Å². The Morgan fingerprint density at radius 2 is 2.06 bits per heavy atom. The van der Waals surface area contributed by atoms with Crippen molar-refractivity contribution >= 4 is 0 Å². The van der Waals surface area contributed by atoms with Crippen LogP contribution in [0.3, 0.4) is 0 Å². The molecule has 1 aliphatic rings. The van der Waals surface area contributed by atoms with Gasteiger partial charge in [-0.15, -0.1) is 0 Å². The first-order valence-electron chi connectivity index (χ1n) is 7.17. The quantitative estimate of drug-likeness (QED) is 0.687. The highest BCUT2D eigenvalue weighted by Gasteiger charge is 2.38. The van der Waals surface area contributed by atoms with Gasteiger partial charge in [0.05, 0.1) is 12.7 Å². The smallest absolute Gasteiger partial charge is 0.0614 e. The molecular formula is C14H29NO2. The van der Waals surface area contributed by atoms with Crippen LogP contribution in [-0.4, -0.2) is 36.5 Å². The molecule has 0 aromatic heterocycles. The van der Waals surface area contributed by atoms with E-state index in [2.05, 4.69) is 26.1 Å². The topological polar surface area (TPSA) is 41.5 Å². The van der Waals surface area contributed by atoms with Gasteiger partial charge in [0.2, 0.25) is 0 Å². The van der Waals surface area contributed by atoms with Gasteiger partial charge in [-0.1, -0.05) is 33.6 Å². The molecule has 0 heterocycles. The Morgan fingerprint density at radius 3 is 2.59 bits per heavy atom. The van der Waals surface area contributed by atoms with Crippen LogP contribution in [0.1, 0.15) is 52.9 Å². The number of aliphatic hydroxyl groups excluding tert-OH is 1. The summed E-state index contributed by atoms with van der Waals surface area (Å²) in [7, 11) is 0. The molecule has 1 saturated carbocycles. The van der Waals surface area contributed by atoms with E-state index in [0.29, 0.717) is 12.0 Å². The summed E-state index contributed by atoms with van der Waals surface area (Å²) in [5.41, 5.74) is -0.0760. The maximum atomic E-state index is 9.52. The second-order valence-corrected chi connectivity index (χ2v) is 5.35. The average Bonchev–Trinajstić information content (AvgIpc) is 2.75. The normalized spacial score (nSPS) is 29.1. The van der Waals surface area contributed by atoms with Crippen LogP contribution in [0.5, 0.6) is 0 Å². The third-order valence-corrected chi connectivity index (χ3v) is 4.14. The van der Waals surface area contributed by atoms with Crippen molar-refractivity contribution in [3.63, 3.8) is 0 Å². The van der Waals surface area contributed by atoms with Gasteiger partial charge in [0.1, 0.15) is 0 Å². The minimum atomic E-state index is -0.0760. The van der Waals surface area contributed by atoms with E-state index in [-0.39, 0.29) is 12.1 Å². The van der Waals surface area contributed by atoms with Gasteiger partial charge in [0, 0.05) is 12.1 Å². The zero-order valence-electron chi connectivity index (χ0n) is 11.7. The van der Waals surface area contributed by atoms with Crippen LogP contribution in [-0.2, 0) is 4.74 Å². The number of ether oxygens (including phenoxy) is 1. The zero-order valence-corrected chi connectivity index (χ0v) is 11.7. The Bertz CT molecular complexity index is 206. The van der Waals surface area contributed by atoms with Crippen molar-refractivity contribution in [3.05, 3.63) is 0 Å². The van der Waals surface area contributed by atoms with Crippen molar-refractivity contribution in [3.8, 4) is 0 Å². The first-order chi connectivity index (χ1) is 8.19. The molecule has 3 nitrogen and oxygen atoms in total. The van der Waals surface area contributed by atoms with Gasteiger partial charge in [-0.2, -0.15) is 0 Å². The molecule has 0 saturated heterocycles. The summed E-state index contributed by atoms with van der Waals surface area (Å²) in [6, 6.07) is 0. The predicted molar refractivity (Wildman–Crippen MR) is 71.2 cm³/mol. The number of nitrogens with one attached hydrogen (secondary N) is 1. The standard InChI is InChI=1S/C14H29NO2/c1-4-12(5-2)10-17-13-7-8-14(9-13,11-16)15-6-3/h12-13,15-16H,4-11H2,1-3H3. The number of likely N-dealkylation sites (N-methyl/N-ethyl adjacent to an activating group) is 1. The first kappa shape index (κ1) is 14.9. The van der Waals surface area contributed by atoms with E-state index in [1.165, 1.54) is 12.8 Å². The third kappa shape index (κ3) is 4.23. The monoisotopic (exact) mass is 243 g/mol. The second kappa shape index (κ2) is 7.34. The van der Waals surface area contributed by atoms with E-state index in [0.717, 1.165) is 32.4 Å². The maximum Gasteiger partial charge on any atom is 0.0614 e. The first-order valence-corrected chi connectivity index (χ1v) is 7.17. The van der Waals surface area contributed by atoms with Crippen LogP contribution in [0, 0.1) is 5.92 Å². The Balaban J connectivity index is 2.34. The average molecular weight is 243 g/mol. The molecule has 2 N–H and O–H groups in total. The highest BCUT2D eigenvalue weighted by Crippen LogP contribution is 2.32. The van der Waals surface area contributed by atoms with Crippen LogP contribution >= 0.6 is 0 Å². The molecule has 0 spiro atoms. The van der Waals surface area contributed by atoms with Gasteiger partial charge in [-0.3, -0.25) is 0 Å². The molecule has 17 heavy (non-hydrogen) atoms. The zero-order chi connectivity index (χ0) is 12.7. The molecule has 1 fully saturated rings. The minimum Gasteiger partial charge on any atom is -0.394 e. The number of hydrogen-bond donors (Lipinski definition) is 2. The summed E-state index contributed by atoms with van der Waals surface area (Å²) in [5, 5.41) is 12.9. The Morgan fingerprint density at radius 1 is 1.35 bits per heavy atom. The molecule has 1 rings (SSSR count). The van der Waals surface area contributed by atoms with E-state index >= 15 is 0 Å². The van der Waals surface area contributed by atoms with Crippen molar-refractivity contribution in [1.82, 2.24) is 5.32 Å². The van der Waals surface area contributed by atoms with E-state index in [1.54, 1.807) is 0 Å². The summed E-state index contributed by atoms with van der Waals surface area (Å²) in [6.07, 6.45) is 5.79. The van der Waals surface area contributed by atoms with Crippen molar-refractivity contribution in [2.24, 2.45) is 5.92 Å². The summed E-state index contributed by atoms with van der Waals surface area (Å²) in [4.78, 5) is 0. The fourth-order valence-corrected chi connectivity index (χ4v) is 2.75. The highest BCUT2D eigenvalue weighted by molar-refractivity contribution is 4.96. The summed E-state index contributed by atoms with van der Waals surface area (Å²) in [5.74, 6) is 0.693. The van der Waals surface area contributed by atoms with Gasteiger partial charge in [0.15, 0.2) is 0 Å². The predicted octanol–water partition coefficient (Wildman–Crippen LogP) is 2.33. The lowest BCUT2D eigenvalue weighted by Crippen LogP contribution is -2.46. The van der Waals surface area contributed by atoms with Gasteiger partial charge in [0.25, 0.3) is 0 Å². The number of aliphatic hydroxyl groups is 1. The summed E-state index contributed by atoms with van der Waals surface area (Å²) < 4.78 is 6.00. The highest BCUT2D eigenvalue weighted by atomic mass is 16.5. The molecule has 102 valence electrons. The third-order valence-electron chi connectivity index (χ3n) is 4.14. The van der Waals surface area contributed by atoms with E-state index < -0.39 is 0 Å². The molecule has 0 aliphatic heterocycles. The lowest BCUT2D eigenvalue weighted by Gasteiger charge is -2.28. The van der Waals surface area contributed by atoms with Gasteiger partial charge >= 0.3 is 0 Å². The molecule has 0 aromatic carbocycles. The number of rotatable bonds is 8. The minimum absolute atomic E-state index is 0.0760. The van der Waals surface area contributed by atoms with Crippen molar-refractivity contribution in [2.75, 3.05) is 19.8 Å². The fourth-order valence-electron chi connectivity index (χ4n) is 2.75. The second-order valence-electron chi connectivity index (χ2n) is 5.35. The summed E-state index contributed by atoms with van der Waals surface area (Å²) >= 11 is 0. The fraction of sp³-hybridized carbons (Fsp3) is 1.00. The molecule has 1 aliphatic carbocycles. The lowest BCUT2D eigenvalue weighted by molar-refractivity contribution is 0.0234. The van der Waals surface area contributed by atoms with E-state index in [1.807, 2.05) is 0 Å². The van der Waals surface area contributed by atoms with Gasteiger partial charge in [-0.05, 0) is 31.7 Å². The molecule has 2 atom stereocenters. The molecule has 0 bridgehead atoms. The van der Waals surface area contributed by atoms with Gasteiger partial charge < -0.3 is 15.2 Å². The summed E-state index contributed by atoms with van der Waals surface area (Å²) in [6.45, 7) is 8.57. The van der Waals surface area contributed by atoms with Crippen LogP contribution in [0.25, 0.3) is 0 Å². The van der Waals surface area contributed by atoms with Crippen LogP contribution in [0.2, 0.25) is 0 Å². The molecular weight excluding hydrogens is 214 g/mol. The Labute approximate surface area is 106 Å². The Hall–Kier alpha value is -0.120. The largest absolute Gasteiger partial charge is 0.394 e. The number of hydrogen-bond acceptors (Lipinski definition) is 3. The van der Waals surface area contributed by atoms with Crippen LogP contribution in [0.15, 0.2) is 0 Å². The molecule has 2 unspecified atom stereocenters. The molecule has 0 amide bonds. The molecule has 0 aromatic rings. The SMILES string of the molecule is CCNC1(CO)CCC(OCC(CC)CC)C1. The van der Waals surface area contributed by atoms with Crippen LogP contribution < -0.4 is 5.32 Å².